The average Bonchev–Trinajstić information content (AvgIpc) is 3.46. The van der Waals surface area contributed by atoms with Crippen LogP contribution in [-0.2, 0) is 6.54 Å². The molecule has 0 bridgehead atoms. The van der Waals surface area contributed by atoms with Crippen molar-refractivity contribution in [3.63, 3.8) is 0 Å². The Bertz CT molecular complexity index is 865. The van der Waals surface area contributed by atoms with Gasteiger partial charge in [0.15, 0.2) is 0 Å². The molecule has 0 saturated heterocycles. The summed E-state index contributed by atoms with van der Waals surface area (Å²) in [6, 6.07) is 14.1. The first kappa shape index (κ1) is 15.8. The lowest BCUT2D eigenvalue weighted by Crippen LogP contribution is -2.09. The maximum absolute atomic E-state index is 6.23. The summed E-state index contributed by atoms with van der Waals surface area (Å²) in [7, 11) is 0. The minimum atomic E-state index is 0.487. The van der Waals surface area contributed by atoms with Gasteiger partial charge in [0.05, 0.1) is 5.69 Å². The Morgan fingerprint density at radius 1 is 1.08 bits per heavy atom. The first-order valence-electron chi connectivity index (χ1n) is 8.31. The number of nitrogens with zero attached hydrogens (tertiary/aromatic N) is 3. The van der Waals surface area contributed by atoms with Gasteiger partial charge in [0.25, 0.3) is 0 Å². The van der Waals surface area contributed by atoms with Gasteiger partial charge in [-0.15, -0.1) is 0 Å². The highest BCUT2D eigenvalue weighted by atomic mass is 35.5. The maximum Gasteiger partial charge on any atom is 0.225 e. The molecule has 1 aromatic carbocycles. The summed E-state index contributed by atoms with van der Waals surface area (Å²) in [5.41, 5.74) is 2.83. The summed E-state index contributed by atoms with van der Waals surface area (Å²) in [6.07, 6.45) is 5.90. The van der Waals surface area contributed by atoms with Crippen LogP contribution in [0.4, 0.5) is 11.8 Å². The molecule has 3 aromatic rings. The highest BCUT2D eigenvalue weighted by Gasteiger charge is 2.22. The number of hydrogen-bond donors (Lipinski definition) is 2. The Labute approximate surface area is 151 Å². The van der Waals surface area contributed by atoms with Crippen molar-refractivity contribution in [1.29, 1.82) is 0 Å². The third kappa shape index (κ3) is 4.06. The number of nitrogens with one attached hydrogen (secondary N) is 2. The van der Waals surface area contributed by atoms with Gasteiger partial charge in [0, 0.05) is 41.6 Å². The predicted molar refractivity (Wildman–Crippen MR) is 101 cm³/mol. The van der Waals surface area contributed by atoms with E-state index in [1.54, 1.807) is 12.4 Å². The molecule has 6 heteroatoms. The van der Waals surface area contributed by atoms with E-state index in [2.05, 4.69) is 25.6 Å². The van der Waals surface area contributed by atoms with Crippen molar-refractivity contribution in [3.05, 3.63) is 65.4 Å². The standard InChI is InChI=1S/C19H18ClN5/c20-16-6-2-1-4-13(16)12-22-18-10-17(14-5-3-9-21-11-14)24-19(25-18)23-15-7-8-15/h1-6,9-11,15H,7-8,12H2,(H2,22,23,24,25). The lowest BCUT2D eigenvalue weighted by molar-refractivity contribution is 1.03. The fourth-order valence-electron chi connectivity index (χ4n) is 2.50. The highest BCUT2D eigenvalue weighted by Crippen LogP contribution is 2.26. The van der Waals surface area contributed by atoms with Crippen LogP contribution in [0.3, 0.4) is 0 Å². The number of aromatic nitrogens is 3. The number of benzene rings is 1. The summed E-state index contributed by atoms with van der Waals surface area (Å²) in [5.74, 6) is 1.41. The van der Waals surface area contributed by atoms with E-state index in [9.17, 15) is 0 Å². The number of halogens is 1. The van der Waals surface area contributed by atoms with Crippen molar-refractivity contribution in [2.75, 3.05) is 10.6 Å². The zero-order valence-electron chi connectivity index (χ0n) is 13.6. The summed E-state index contributed by atoms with van der Waals surface area (Å²) >= 11 is 6.23. The van der Waals surface area contributed by atoms with Crippen LogP contribution in [0.1, 0.15) is 18.4 Å². The molecule has 0 amide bonds. The van der Waals surface area contributed by atoms with E-state index in [1.807, 2.05) is 42.5 Å². The lowest BCUT2D eigenvalue weighted by Gasteiger charge is -2.11. The largest absolute Gasteiger partial charge is 0.366 e. The molecule has 0 spiro atoms. The number of pyridine rings is 1. The van der Waals surface area contributed by atoms with E-state index < -0.39 is 0 Å². The van der Waals surface area contributed by atoms with Crippen LogP contribution >= 0.6 is 11.6 Å². The van der Waals surface area contributed by atoms with E-state index in [4.69, 9.17) is 11.6 Å². The molecule has 0 atom stereocenters. The fourth-order valence-corrected chi connectivity index (χ4v) is 2.70. The molecule has 0 radical (unpaired) electrons. The van der Waals surface area contributed by atoms with Gasteiger partial charge in [0.1, 0.15) is 5.82 Å². The Morgan fingerprint density at radius 2 is 1.96 bits per heavy atom. The molecule has 5 nitrogen and oxygen atoms in total. The van der Waals surface area contributed by atoms with Gasteiger partial charge in [-0.1, -0.05) is 29.8 Å². The second-order valence-corrected chi connectivity index (χ2v) is 6.47. The van der Waals surface area contributed by atoms with Crippen molar-refractivity contribution in [1.82, 2.24) is 15.0 Å². The minimum absolute atomic E-state index is 0.487. The second kappa shape index (κ2) is 7.07. The molecule has 25 heavy (non-hydrogen) atoms. The van der Waals surface area contributed by atoms with Gasteiger partial charge in [-0.05, 0) is 36.6 Å². The van der Waals surface area contributed by atoms with Crippen LogP contribution in [0.5, 0.6) is 0 Å². The van der Waals surface area contributed by atoms with E-state index in [0.29, 0.717) is 18.5 Å². The zero-order chi connectivity index (χ0) is 17.1. The van der Waals surface area contributed by atoms with Crippen LogP contribution in [0.25, 0.3) is 11.3 Å². The molecular formula is C19H18ClN5. The van der Waals surface area contributed by atoms with Gasteiger partial charge in [0.2, 0.25) is 5.95 Å². The molecule has 1 aliphatic carbocycles. The molecule has 2 heterocycles. The van der Waals surface area contributed by atoms with E-state index in [1.165, 1.54) is 12.8 Å². The lowest BCUT2D eigenvalue weighted by atomic mass is 10.2. The first-order chi connectivity index (χ1) is 12.3. The second-order valence-electron chi connectivity index (χ2n) is 6.07. The molecule has 1 aliphatic rings. The van der Waals surface area contributed by atoms with Gasteiger partial charge in [-0.25, -0.2) is 4.98 Å². The third-order valence-corrected chi connectivity index (χ3v) is 4.38. The number of anilines is 2. The molecular weight excluding hydrogens is 334 g/mol. The Morgan fingerprint density at radius 3 is 2.72 bits per heavy atom. The van der Waals surface area contributed by atoms with Gasteiger partial charge < -0.3 is 10.6 Å². The monoisotopic (exact) mass is 351 g/mol. The van der Waals surface area contributed by atoms with E-state index >= 15 is 0 Å². The van der Waals surface area contributed by atoms with Crippen LogP contribution in [-0.4, -0.2) is 21.0 Å². The minimum Gasteiger partial charge on any atom is -0.366 e. The van der Waals surface area contributed by atoms with E-state index in [-0.39, 0.29) is 0 Å². The van der Waals surface area contributed by atoms with Gasteiger partial charge in [-0.3, -0.25) is 4.98 Å². The number of rotatable bonds is 6. The smallest absolute Gasteiger partial charge is 0.225 e. The fraction of sp³-hybridized carbons (Fsp3) is 0.211. The normalized spacial score (nSPS) is 13.5. The Hall–Kier alpha value is -2.66. The Kier molecular flexibility index (Phi) is 4.48. The van der Waals surface area contributed by atoms with E-state index in [0.717, 1.165) is 27.7 Å². The van der Waals surface area contributed by atoms with Crippen molar-refractivity contribution in [2.45, 2.75) is 25.4 Å². The van der Waals surface area contributed by atoms with Crippen molar-refractivity contribution in [2.24, 2.45) is 0 Å². The first-order valence-corrected chi connectivity index (χ1v) is 8.69. The predicted octanol–water partition coefficient (Wildman–Crippen LogP) is 4.38. The summed E-state index contributed by atoms with van der Waals surface area (Å²) in [4.78, 5) is 13.4. The molecule has 0 unspecified atom stereocenters. The Balaban J connectivity index is 1.60. The van der Waals surface area contributed by atoms with Crippen LogP contribution < -0.4 is 10.6 Å². The molecule has 0 aliphatic heterocycles. The summed E-state index contributed by atoms with van der Waals surface area (Å²) < 4.78 is 0. The topological polar surface area (TPSA) is 62.7 Å². The molecule has 2 aromatic heterocycles. The quantitative estimate of drug-likeness (QED) is 0.690. The highest BCUT2D eigenvalue weighted by molar-refractivity contribution is 6.31. The van der Waals surface area contributed by atoms with Crippen molar-refractivity contribution in [3.8, 4) is 11.3 Å². The summed E-state index contributed by atoms with van der Waals surface area (Å²) in [6.45, 7) is 0.603. The molecule has 4 rings (SSSR count). The van der Waals surface area contributed by atoms with Crippen LogP contribution in [0, 0.1) is 0 Å². The van der Waals surface area contributed by atoms with Crippen molar-refractivity contribution >= 4 is 23.4 Å². The third-order valence-electron chi connectivity index (χ3n) is 4.01. The van der Waals surface area contributed by atoms with Gasteiger partial charge in [-0.2, -0.15) is 4.98 Å². The van der Waals surface area contributed by atoms with Crippen molar-refractivity contribution < 1.29 is 0 Å². The number of hydrogen-bond acceptors (Lipinski definition) is 5. The average molecular weight is 352 g/mol. The van der Waals surface area contributed by atoms with Crippen LogP contribution in [0.2, 0.25) is 5.02 Å². The molecule has 126 valence electrons. The molecule has 1 fully saturated rings. The molecule has 1 saturated carbocycles. The summed E-state index contributed by atoms with van der Waals surface area (Å²) in [5, 5.41) is 7.46. The maximum atomic E-state index is 6.23. The van der Waals surface area contributed by atoms with Gasteiger partial charge >= 0.3 is 0 Å². The zero-order valence-corrected chi connectivity index (χ0v) is 14.4. The SMILES string of the molecule is Clc1ccccc1CNc1cc(-c2cccnc2)nc(NC2CC2)n1. The van der Waals surface area contributed by atoms with Crippen LogP contribution in [0.15, 0.2) is 54.9 Å². The molecule has 2 N–H and O–H groups in total.